The molecule has 0 saturated heterocycles. The van der Waals surface area contributed by atoms with E-state index in [9.17, 15) is 9.59 Å². The zero-order chi connectivity index (χ0) is 20.5. The molecular formula is C22H25N3O2S2. The van der Waals surface area contributed by atoms with Gasteiger partial charge in [-0.25, -0.2) is 4.98 Å². The van der Waals surface area contributed by atoms with Crippen LogP contribution in [0.2, 0.25) is 0 Å². The molecule has 29 heavy (non-hydrogen) atoms. The van der Waals surface area contributed by atoms with Crippen LogP contribution in [0.1, 0.15) is 42.2 Å². The minimum Gasteiger partial charge on any atom is -0.355 e. The Kier molecular flexibility index (Phi) is 5.79. The molecule has 2 aromatic heterocycles. The van der Waals surface area contributed by atoms with Crippen LogP contribution in [-0.4, -0.2) is 27.3 Å². The van der Waals surface area contributed by atoms with E-state index in [0.29, 0.717) is 11.7 Å². The van der Waals surface area contributed by atoms with Crippen LogP contribution in [0.25, 0.3) is 10.2 Å². The summed E-state index contributed by atoms with van der Waals surface area (Å²) < 4.78 is 1.59. The molecule has 3 aromatic rings. The van der Waals surface area contributed by atoms with E-state index in [1.54, 1.807) is 23.0 Å². The molecule has 0 saturated carbocycles. The van der Waals surface area contributed by atoms with Crippen molar-refractivity contribution in [1.82, 2.24) is 14.9 Å². The summed E-state index contributed by atoms with van der Waals surface area (Å²) in [5.41, 5.74) is 2.39. The van der Waals surface area contributed by atoms with Crippen molar-refractivity contribution in [3.8, 4) is 0 Å². The van der Waals surface area contributed by atoms with Gasteiger partial charge in [-0.2, -0.15) is 0 Å². The highest BCUT2D eigenvalue weighted by Gasteiger charge is 2.24. The molecule has 1 N–H and O–H groups in total. The Labute approximate surface area is 178 Å². The molecule has 1 aliphatic carbocycles. The minimum atomic E-state index is -0.333. The number of amides is 1. The van der Waals surface area contributed by atoms with E-state index in [1.165, 1.54) is 27.8 Å². The lowest BCUT2D eigenvalue weighted by molar-refractivity contribution is -0.120. The lowest BCUT2D eigenvalue weighted by atomic mass is 10.0. The van der Waals surface area contributed by atoms with E-state index in [0.717, 1.165) is 29.5 Å². The second kappa shape index (κ2) is 8.32. The Balaban J connectivity index is 1.46. The fourth-order valence-corrected chi connectivity index (χ4v) is 5.92. The molecule has 5 nitrogen and oxygen atoms in total. The molecule has 2 atom stereocenters. The van der Waals surface area contributed by atoms with Crippen LogP contribution in [0.3, 0.4) is 0 Å². The molecule has 1 aromatic carbocycles. The molecule has 152 valence electrons. The van der Waals surface area contributed by atoms with Gasteiger partial charge >= 0.3 is 0 Å². The van der Waals surface area contributed by atoms with E-state index >= 15 is 0 Å². The fourth-order valence-electron chi connectivity index (χ4n) is 3.72. The average Bonchev–Trinajstić information content (AvgIpc) is 3.31. The summed E-state index contributed by atoms with van der Waals surface area (Å²) in [7, 11) is 1.75. The van der Waals surface area contributed by atoms with Gasteiger partial charge in [-0.15, -0.1) is 11.3 Å². The average molecular weight is 428 g/mol. The number of rotatable bonds is 6. The van der Waals surface area contributed by atoms with Gasteiger partial charge in [-0.3, -0.25) is 14.2 Å². The third kappa shape index (κ3) is 3.98. The first-order valence-electron chi connectivity index (χ1n) is 9.96. The smallest absolute Gasteiger partial charge is 0.262 e. The van der Waals surface area contributed by atoms with Crippen molar-refractivity contribution in [2.75, 3.05) is 6.54 Å². The standard InChI is InChI=1S/C22H25N3O2S2/c1-13(15-8-5-4-6-9-15)12-23-19(26)14(2)28-22-24-20-18(21(27)25(22)3)16-10-7-11-17(16)29-20/h4-6,8-9,13-14H,7,10-12H2,1-3H3,(H,23,26). The summed E-state index contributed by atoms with van der Waals surface area (Å²) in [5.74, 6) is 0.200. The molecular weight excluding hydrogens is 402 g/mol. The number of thioether (sulfide) groups is 1. The normalized spacial score (nSPS) is 15.3. The van der Waals surface area contributed by atoms with Crippen molar-refractivity contribution < 1.29 is 4.79 Å². The van der Waals surface area contributed by atoms with Gasteiger partial charge < -0.3 is 5.32 Å². The number of nitrogens with zero attached hydrogens (tertiary/aromatic N) is 2. The van der Waals surface area contributed by atoms with Gasteiger partial charge in [0, 0.05) is 18.5 Å². The Hall–Kier alpha value is -2.12. The molecule has 0 fully saturated rings. The largest absolute Gasteiger partial charge is 0.355 e. The predicted octanol–water partition coefficient (Wildman–Crippen LogP) is 3.88. The number of aromatic nitrogens is 2. The first-order valence-corrected chi connectivity index (χ1v) is 11.7. The van der Waals surface area contributed by atoms with Crippen LogP contribution < -0.4 is 10.9 Å². The van der Waals surface area contributed by atoms with Crippen LogP contribution in [0.5, 0.6) is 0 Å². The predicted molar refractivity (Wildman–Crippen MR) is 120 cm³/mol. The molecule has 1 aliphatic rings. The second-order valence-electron chi connectivity index (χ2n) is 7.61. The Morgan fingerprint density at radius 3 is 2.79 bits per heavy atom. The number of carbonyl (C=O) groups excluding carboxylic acids is 1. The highest BCUT2D eigenvalue weighted by Crippen LogP contribution is 2.35. The van der Waals surface area contributed by atoms with Crippen molar-refractivity contribution in [3.05, 3.63) is 56.7 Å². The third-order valence-corrected chi connectivity index (χ3v) is 7.84. The summed E-state index contributed by atoms with van der Waals surface area (Å²) in [4.78, 5) is 32.4. The molecule has 1 amide bonds. The van der Waals surface area contributed by atoms with E-state index in [4.69, 9.17) is 4.98 Å². The van der Waals surface area contributed by atoms with Gasteiger partial charge in [0.05, 0.1) is 10.6 Å². The summed E-state index contributed by atoms with van der Waals surface area (Å²) in [6.07, 6.45) is 3.13. The Bertz CT molecular complexity index is 1100. The molecule has 0 spiro atoms. The summed E-state index contributed by atoms with van der Waals surface area (Å²) >= 11 is 2.97. The van der Waals surface area contributed by atoms with Crippen molar-refractivity contribution in [2.45, 2.75) is 49.4 Å². The number of hydrogen-bond donors (Lipinski definition) is 1. The van der Waals surface area contributed by atoms with Gasteiger partial charge in [0.25, 0.3) is 5.56 Å². The fraction of sp³-hybridized carbons (Fsp3) is 0.409. The van der Waals surface area contributed by atoms with Crippen LogP contribution in [0, 0.1) is 0 Å². The van der Waals surface area contributed by atoms with Crippen molar-refractivity contribution >= 4 is 39.2 Å². The zero-order valence-electron chi connectivity index (χ0n) is 16.9. The maximum atomic E-state index is 12.9. The molecule has 2 unspecified atom stereocenters. The Morgan fingerprint density at radius 1 is 1.28 bits per heavy atom. The van der Waals surface area contributed by atoms with E-state index in [-0.39, 0.29) is 22.6 Å². The first kappa shape index (κ1) is 20.2. The highest BCUT2D eigenvalue weighted by molar-refractivity contribution is 8.00. The van der Waals surface area contributed by atoms with Gasteiger partial charge in [0.1, 0.15) is 4.83 Å². The monoisotopic (exact) mass is 427 g/mol. The van der Waals surface area contributed by atoms with Crippen LogP contribution in [0.15, 0.2) is 40.3 Å². The van der Waals surface area contributed by atoms with E-state index in [2.05, 4.69) is 24.4 Å². The number of thiophene rings is 1. The number of benzene rings is 1. The van der Waals surface area contributed by atoms with Gasteiger partial charge in [0.2, 0.25) is 5.91 Å². The molecule has 0 aliphatic heterocycles. The number of carbonyl (C=O) groups is 1. The summed E-state index contributed by atoms with van der Waals surface area (Å²) in [6.45, 7) is 4.54. The van der Waals surface area contributed by atoms with Crippen LogP contribution in [0.4, 0.5) is 0 Å². The number of nitrogens with one attached hydrogen (secondary N) is 1. The van der Waals surface area contributed by atoms with E-state index < -0.39 is 0 Å². The molecule has 2 heterocycles. The van der Waals surface area contributed by atoms with Crippen LogP contribution >= 0.6 is 23.1 Å². The Morgan fingerprint density at radius 2 is 2.03 bits per heavy atom. The SMILES string of the molecule is CC(Sc1nc2sc3c(c2c(=O)n1C)CCC3)C(=O)NCC(C)c1ccccc1. The maximum Gasteiger partial charge on any atom is 0.262 e. The number of fused-ring (bicyclic) bond motifs is 3. The minimum absolute atomic E-state index is 0.00204. The van der Waals surface area contributed by atoms with Crippen molar-refractivity contribution in [3.63, 3.8) is 0 Å². The molecule has 7 heteroatoms. The number of aryl methyl sites for hydroxylation is 2. The molecule has 4 rings (SSSR count). The van der Waals surface area contributed by atoms with Crippen molar-refractivity contribution in [1.29, 1.82) is 0 Å². The topological polar surface area (TPSA) is 64.0 Å². The molecule has 0 bridgehead atoms. The van der Waals surface area contributed by atoms with E-state index in [1.807, 2.05) is 25.1 Å². The summed E-state index contributed by atoms with van der Waals surface area (Å²) in [5, 5.41) is 4.08. The quantitative estimate of drug-likeness (QED) is 0.479. The zero-order valence-corrected chi connectivity index (χ0v) is 18.5. The molecule has 0 radical (unpaired) electrons. The van der Waals surface area contributed by atoms with Crippen molar-refractivity contribution in [2.24, 2.45) is 7.05 Å². The number of hydrogen-bond acceptors (Lipinski definition) is 5. The maximum absolute atomic E-state index is 12.9. The van der Waals surface area contributed by atoms with Gasteiger partial charge in [0.15, 0.2) is 5.16 Å². The lowest BCUT2D eigenvalue weighted by Gasteiger charge is -2.16. The third-order valence-electron chi connectivity index (χ3n) is 5.51. The van der Waals surface area contributed by atoms with Crippen LogP contribution in [-0.2, 0) is 24.7 Å². The summed E-state index contributed by atoms with van der Waals surface area (Å²) in [6, 6.07) is 10.2. The first-order chi connectivity index (χ1) is 14.0. The van der Waals surface area contributed by atoms with Gasteiger partial charge in [-0.05, 0) is 43.2 Å². The van der Waals surface area contributed by atoms with Gasteiger partial charge in [-0.1, -0.05) is 49.0 Å². The highest BCUT2D eigenvalue weighted by atomic mass is 32.2. The lowest BCUT2D eigenvalue weighted by Crippen LogP contribution is -2.34. The second-order valence-corrected chi connectivity index (χ2v) is 10.0.